The Morgan fingerprint density at radius 2 is 2.00 bits per heavy atom. The van der Waals surface area contributed by atoms with Crippen molar-refractivity contribution < 1.29 is 56.8 Å². The van der Waals surface area contributed by atoms with E-state index in [0.717, 1.165) is 19.3 Å². The topological polar surface area (TPSA) is 37.3 Å². The predicted octanol–water partition coefficient (Wildman–Crippen LogP) is 1.65. The van der Waals surface area contributed by atoms with E-state index in [0.29, 0.717) is 6.42 Å². The fraction of sp³-hybridized carbons (Fsp3) is 0.833. The molecule has 0 aromatic carbocycles. The third-order valence-electron chi connectivity index (χ3n) is 0.994. The second-order valence-corrected chi connectivity index (χ2v) is 1.85. The van der Waals surface area contributed by atoms with E-state index in [1.807, 2.05) is 0 Å². The molecule has 0 aromatic heterocycles. The number of carbonyl (C=O) groups is 1. The molecule has 0 radical (unpaired) electrons. The molecule has 0 saturated carbocycles. The number of rotatable bonds is 4. The molecule has 3 heteroatoms. The van der Waals surface area contributed by atoms with Gasteiger partial charge in [-0.25, -0.2) is 0 Å². The van der Waals surface area contributed by atoms with Crippen LogP contribution in [0.4, 0.5) is 0 Å². The molecule has 0 saturated heterocycles. The SMILES string of the molecule is CCCCCC(=O)O.[Yb]. The smallest absolute Gasteiger partial charge is 0.303 e. The molecule has 0 bridgehead atoms. The van der Waals surface area contributed by atoms with E-state index in [-0.39, 0.29) is 46.9 Å². The van der Waals surface area contributed by atoms with E-state index in [4.69, 9.17) is 5.11 Å². The van der Waals surface area contributed by atoms with Gasteiger partial charge in [0.1, 0.15) is 0 Å². The molecule has 0 aliphatic rings. The van der Waals surface area contributed by atoms with Crippen LogP contribution in [-0.4, -0.2) is 11.1 Å². The summed E-state index contributed by atoms with van der Waals surface area (Å²) in [4.78, 5) is 9.87. The fourth-order valence-corrected chi connectivity index (χ4v) is 0.526. The molecule has 0 atom stereocenters. The minimum Gasteiger partial charge on any atom is -0.481 e. The van der Waals surface area contributed by atoms with Crippen molar-refractivity contribution in [1.82, 2.24) is 0 Å². The van der Waals surface area contributed by atoms with Gasteiger partial charge in [-0.1, -0.05) is 19.8 Å². The van der Waals surface area contributed by atoms with Gasteiger partial charge in [-0.15, -0.1) is 0 Å². The summed E-state index contributed by atoms with van der Waals surface area (Å²) in [6, 6.07) is 0. The third-order valence-corrected chi connectivity index (χ3v) is 0.994. The maximum Gasteiger partial charge on any atom is 0.303 e. The molecule has 0 unspecified atom stereocenters. The van der Waals surface area contributed by atoms with Crippen molar-refractivity contribution in [2.24, 2.45) is 0 Å². The molecule has 9 heavy (non-hydrogen) atoms. The molecule has 2 nitrogen and oxygen atoms in total. The van der Waals surface area contributed by atoms with Gasteiger partial charge in [-0.3, -0.25) is 4.79 Å². The van der Waals surface area contributed by atoms with E-state index in [2.05, 4.69) is 6.92 Å². The molecule has 1 N–H and O–H groups in total. The van der Waals surface area contributed by atoms with Crippen LogP contribution in [0.1, 0.15) is 32.6 Å². The molecule has 0 heterocycles. The normalized spacial score (nSPS) is 8.11. The molecule has 0 amide bonds. The van der Waals surface area contributed by atoms with Crippen molar-refractivity contribution in [3.05, 3.63) is 0 Å². The zero-order chi connectivity index (χ0) is 6.41. The Labute approximate surface area is 94.3 Å². The van der Waals surface area contributed by atoms with Crippen LogP contribution < -0.4 is 0 Å². The van der Waals surface area contributed by atoms with E-state index in [1.165, 1.54) is 0 Å². The van der Waals surface area contributed by atoms with E-state index in [9.17, 15) is 4.79 Å². The Kier molecular flexibility index (Phi) is 12.6. The summed E-state index contributed by atoms with van der Waals surface area (Å²) in [5.41, 5.74) is 0. The van der Waals surface area contributed by atoms with Gasteiger partial charge in [-0.2, -0.15) is 0 Å². The summed E-state index contributed by atoms with van der Waals surface area (Å²) in [7, 11) is 0. The molecule has 0 aromatic rings. The van der Waals surface area contributed by atoms with Gasteiger partial charge in [0.2, 0.25) is 0 Å². The van der Waals surface area contributed by atoms with Gasteiger partial charge in [0.25, 0.3) is 0 Å². The van der Waals surface area contributed by atoms with Gasteiger partial charge in [0.15, 0.2) is 0 Å². The van der Waals surface area contributed by atoms with Crippen molar-refractivity contribution in [2.45, 2.75) is 32.6 Å². The summed E-state index contributed by atoms with van der Waals surface area (Å²) in [5, 5.41) is 8.14. The van der Waals surface area contributed by atoms with Gasteiger partial charge in [0, 0.05) is 53.3 Å². The molecule has 0 aliphatic carbocycles. The Hall–Kier alpha value is 0.989. The van der Waals surface area contributed by atoms with Crippen LogP contribution in [0.25, 0.3) is 0 Å². The Morgan fingerprint density at radius 3 is 2.33 bits per heavy atom. The first-order chi connectivity index (χ1) is 3.77. The second kappa shape index (κ2) is 8.99. The van der Waals surface area contributed by atoms with Crippen LogP contribution in [-0.2, 0) is 4.79 Å². The fourth-order valence-electron chi connectivity index (χ4n) is 0.526. The number of aliphatic carboxylic acids is 1. The maximum atomic E-state index is 9.87. The van der Waals surface area contributed by atoms with Crippen LogP contribution in [0, 0.1) is 46.9 Å². The maximum absolute atomic E-state index is 9.87. The van der Waals surface area contributed by atoms with Crippen LogP contribution in [0.3, 0.4) is 0 Å². The Morgan fingerprint density at radius 1 is 1.44 bits per heavy atom. The largest absolute Gasteiger partial charge is 0.481 e. The first-order valence-electron chi connectivity index (χ1n) is 2.99. The molecule has 0 aliphatic heterocycles. The van der Waals surface area contributed by atoms with Gasteiger partial charge in [-0.05, 0) is 6.42 Å². The minimum atomic E-state index is -0.682. The average Bonchev–Trinajstić information content (AvgIpc) is 1.66. The van der Waals surface area contributed by atoms with Crippen molar-refractivity contribution in [2.75, 3.05) is 0 Å². The van der Waals surface area contributed by atoms with Crippen molar-refractivity contribution in [3.8, 4) is 0 Å². The third kappa shape index (κ3) is 12.2. The molecule has 0 fully saturated rings. The summed E-state index contributed by atoms with van der Waals surface area (Å²) in [6.45, 7) is 2.06. The van der Waals surface area contributed by atoms with Gasteiger partial charge < -0.3 is 5.11 Å². The average molecular weight is 289 g/mol. The summed E-state index contributed by atoms with van der Waals surface area (Å²) in [5.74, 6) is -0.682. The van der Waals surface area contributed by atoms with E-state index < -0.39 is 5.97 Å². The molecule has 0 rings (SSSR count). The summed E-state index contributed by atoms with van der Waals surface area (Å²) >= 11 is 0. The predicted molar refractivity (Wildman–Crippen MR) is 31.8 cm³/mol. The van der Waals surface area contributed by atoms with Gasteiger partial charge >= 0.3 is 5.97 Å². The van der Waals surface area contributed by atoms with Gasteiger partial charge in [0.05, 0.1) is 0 Å². The second-order valence-electron chi connectivity index (χ2n) is 1.85. The van der Waals surface area contributed by atoms with Crippen molar-refractivity contribution >= 4 is 5.97 Å². The monoisotopic (exact) mass is 290 g/mol. The quantitative estimate of drug-likeness (QED) is 0.799. The van der Waals surface area contributed by atoms with E-state index in [1.54, 1.807) is 0 Å². The van der Waals surface area contributed by atoms with Crippen LogP contribution in [0.2, 0.25) is 0 Å². The zero-order valence-corrected chi connectivity index (χ0v) is 7.17. The molecule has 62 valence electrons. The Bertz CT molecular complexity index is 73.5. The number of hydrogen-bond donors (Lipinski definition) is 1. The van der Waals surface area contributed by atoms with Crippen LogP contribution >= 0.6 is 0 Å². The molecular formula is C6H12O2Yb. The van der Waals surface area contributed by atoms with Crippen molar-refractivity contribution in [1.29, 1.82) is 0 Å². The molecular weight excluding hydrogens is 277 g/mol. The minimum absolute atomic E-state index is 0. The van der Waals surface area contributed by atoms with Crippen LogP contribution in [0.15, 0.2) is 0 Å². The zero-order valence-electron chi connectivity index (χ0n) is 5.45. The standard InChI is InChI=1S/C6H12O2.Yb/c1-2-3-4-5-6(7)8;/h2-5H2,1H3,(H,7,8);. The summed E-state index contributed by atoms with van der Waals surface area (Å²) < 4.78 is 0. The molecule has 0 spiro atoms. The van der Waals surface area contributed by atoms with Crippen molar-refractivity contribution in [3.63, 3.8) is 0 Å². The Balaban J connectivity index is 0. The number of carboxylic acids is 1. The first-order valence-corrected chi connectivity index (χ1v) is 2.99. The summed E-state index contributed by atoms with van der Waals surface area (Å²) in [6.07, 6.45) is 3.28. The van der Waals surface area contributed by atoms with Crippen LogP contribution in [0.5, 0.6) is 0 Å². The number of carboxylic acid groups (broad SMARTS) is 1. The van der Waals surface area contributed by atoms with E-state index >= 15 is 0 Å². The first kappa shape index (κ1) is 12.6. The number of hydrogen-bond acceptors (Lipinski definition) is 1. The number of unbranched alkanes of at least 4 members (excludes halogenated alkanes) is 2.